The first kappa shape index (κ1) is 28.0. The lowest BCUT2D eigenvalue weighted by molar-refractivity contribution is -0.121. The van der Waals surface area contributed by atoms with Crippen molar-refractivity contribution in [1.82, 2.24) is 9.88 Å². The number of amides is 1. The minimum absolute atomic E-state index is 0.0665. The van der Waals surface area contributed by atoms with E-state index < -0.39 is 0 Å². The molecule has 0 aliphatic heterocycles. The molecule has 1 heterocycles. The molecule has 0 spiro atoms. The summed E-state index contributed by atoms with van der Waals surface area (Å²) >= 11 is 0. The zero-order chi connectivity index (χ0) is 27.2. The number of hydrogen-bond acceptors (Lipinski definition) is 4. The molecule has 3 rings (SSSR count). The van der Waals surface area contributed by atoms with Crippen molar-refractivity contribution in [1.29, 1.82) is 0 Å². The van der Waals surface area contributed by atoms with Crippen molar-refractivity contribution in [3.05, 3.63) is 93.4 Å². The van der Waals surface area contributed by atoms with Crippen molar-refractivity contribution in [2.24, 2.45) is 0 Å². The van der Waals surface area contributed by atoms with Crippen molar-refractivity contribution in [3.8, 4) is 11.5 Å². The van der Waals surface area contributed by atoms with E-state index in [1.807, 2.05) is 30.3 Å². The first-order chi connectivity index (χ1) is 17.4. The molecule has 3 aromatic rings. The maximum Gasteiger partial charge on any atom is 0.293 e. The number of aromatic hydroxyl groups is 1. The SMILES string of the molecule is CC(C)(C)c1cc(CCCNC(=O)Cn2cccc(OCc3ccccc3)c2=O)cc(C(C)(C)C)c1O. The second kappa shape index (κ2) is 11.7. The number of ether oxygens (including phenoxy) is 1. The summed E-state index contributed by atoms with van der Waals surface area (Å²) in [6.45, 7) is 13.3. The molecule has 0 unspecified atom stereocenters. The molecule has 0 saturated heterocycles. The number of pyridine rings is 1. The number of phenols is 1. The number of nitrogens with one attached hydrogen (secondary N) is 1. The van der Waals surface area contributed by atoms with Crippen LogP contribution in [0, 0.1) is 0 Å². The van der Waals surface area contributed by atoms with Crippen LogP contribution in [-0.4, -0.2) is 22.1 Å². The zero-order valence-corrected chi connectivity index (χ0v) is 22.9. The van der Waals surface area contributed by atoms with Gasteiger partial charge in [-0.25, -0.2) is 0 Å². The lowest BCUT2D eigenvalue weighted by Gasteiger charge is -2.28. The van der Waals surface area contributed by atoms with Crippen LogP contribution in [0.5, 0.6) is 11.5 Å². The maximum absolute atomic E-state index is 12.7. The number of carbonyl (C=O) groups excluding carboxylic acids is 1. The highest BCUT2D eigenvalue weighted by atomic mass is 16.5. The van der Waals surface area contributed by atoms with Crippen LogP contribution in [0.2, 0.25) is 0 Å². The summed E-state index contributed by atoms with van der Waals surface area (Å²) in [5, 5.41) is 13.8. The molecule has 0 fully saturated rings. The number of hydrogen-bond donors (Lipinski definition) is 2. The van der Waals surface area contributed by atoms with Gasteiger partial charge in [-0.05, 0) is 58.1 Å². The van der Waals surface area contributed by atoms with E-state index in [0.717, 1.165) is 35.1 Å². The molecule has 6 nitrogen and oxygen atoms in total. The van der Waals surface area contributed by atoms with E-state index in [0.29, 0.717) is 12.3 Å². The van der Waals surface area contributed by atoms with Gasteiger partial charge in [-0.1, -0.05) is 84.0 Å². The normalized spacial score (nSPS) is 11.8. The summed E-state index contributed by atoms with van der Waals surface area (Å²) in [4.78, 5) is 25.3. The molecule has 6 heteroatoms. The zero-order valence-electron chi connectivity index (χ0n) is 22.9. The molecule has 0 atom stereocenters. The van der Waals surface area contributed by atoms with E-state index in [1.165, 1.54) is 4.57 Å². The number of phenolic OH excluding ortho intramolecular Hbond substituents is 1. The molecule has 0 aliphatic rings. The monoisotopic (exact) mass is 504 g/mol. The minimum Gasteiger partial charge on any atom is -0.507 e. The van der Waals surface area contributed by atoms with Crippen molar-refractivity contribution >= 4 is 5.91 Å². The average Bonchev–Trinajstić information content (AvgIpc) is 2.82. The van der Waals surface area contributed by atoms with Gasteiger partial charge in [0, 0.05) is 12.7 Å². The fourth-order valence-electron chi connectivity index (χ4n) is 4.20. The van der Waals surface area contributed by atoms with Crippen molar-refractivity contribution in [2.75, 3.05) is 6.54 Å². The predicted octanol–water partition coefficient (Wildman–Crippen LogP) is 5.48. The Bertz CT molecular complexity index is 1230. The van der Waals surface area contributed by atoms with Gasteiger partial charge >= 0.3 is 0 Å². The predicted molar refractivity (Wildman–Crippen MR) is 148 cm³/mol. The first-order valence-electron chi connectivity index (χ1n) is 12.9. The Labute approximate surface area is 220 Å². The Balaban J connectivity index is 1.57. The Hall–Kier alpha value is -3.54. The summed E-state index contributed by atoms with van der Waals surface area (Å²) in [6.07, 6.45) is 3.12. The number of carbonyl (C=O) groups is 1. The Morgan fingerprint density at radius 3 is 2.14 bits per heavy atom. The first-order valence-corrected chi connectivity index (χ1v) is 12.9. The third kappa shape index (κ3) is 7.72. The van der Waals surface area contributed by atoms with Gasteiger partial charge in [0.2, 0.25) is 5.91 Å². The third-order valence-corrected chi connectivity index (χ3v) is 6.29. The lowest BCUT2D eigenvalue weighted by Crippen LogP contribution is -2.33. The lowest BCUT2D eigenvalue weighted by atomic mass is 9.78. The van der Waals surface area contributed by atoms with E-state index in [9.17, 15) is 14.7 Å². The van der Waals surface area contributed by atoms with Gasteiger partial charge in [-0.3, -0.25) is 9.59 Å². The van der Waals surface area contributed by atoms with Gasteiger partial charge in [0.1, 0.15) is 18.9 Å². The van der Waals surface area contributed by atoms with Crippen LogP contribution in [0.25, 0.3) is 0 Å². The smallest absolute Gasteiger partial charge is 0.293 e. The van der Waals surface area contributed by atoms with Gasteiger partial charge in [0.25, 0.3) is 5.56 Å². The number of aryl methyl sites for hydroxylation is 1. The summed E-state index contributed by atoms with van der Waals surface area (Å²) in [5.74, 6) is 0.368. The maximum atomic E-state index is 12.7. The number of benzene rings is 2. The van der Waals surface area contributed by atoms with Crippen LogP contribution < -0.4 is 15.6 Å². The summed E-state index contributed by atoms with van der Waals surface area (Å²) < 4.78 is 7.05. The summed E-state index contributed by atoms with van der Waals surface area (Å²) in [6, 6.07) is 17.1. The van der Waals surface area contributed by atoms with Gasteiger partial charge in [0.15, 0.2) is 5.75 Å². The highest BCUT2D eigenvalue weighted by Gasteiger charge is 2.26. The van der Waals surface area contributed by atoms with Crippen LogP contribution in [0.1, 0.15) is 70.2 Å². The van der Waals surface area contributed by atoms with E-state index in [1.54, 1.807) is 18.3 Å². The molecule has 2 aromatic carbocycles. The molecule has 0 aliphatic carbocycles. The Morgan fingerprint density at radius 1 is 0.919 bits per heavy atom. The number of rotatable bonds is 9. The molecule has 0 bridgehead atoms. The van der Waals surface area contributed by atoms with E-state index >= 15 is 0 Å². The second-order valence-corrected chi connectivity index (χ2v) is 11.6. The van der Waals surface area contributed by atoms with Crippen molar-refractivity contribution in [2.45, 2.75) is 78.4 Å². The molecule has 1 amide bonds. The number of aromatic nitrogens is 1. The molecule has 1 aromatic heterocycles. The Kier molecular flexibility index (Phi) is 8.85. The second-order valence-electron chi connectivity index (χ2n) is 11.6. The molecule has 0 saturated carbocycles. The van der Waals surface area contributed by atoms with Crippen LogP contribution in [0.4, 0.5) is 0 Å². The molecule has 198 valence electrons. The van der Waals surface area contributed by atoms with Crippen LogP contribution in [0.3, 0.4) is 0 Å². The quantitative estimate of drug-likeness (QED) is 0.378. The van der Waals surface area contributed by atoms with E-state index in [2.05, 4.69) is 59.0 Å². The van der Waals surface area contributed by atoms with Gasteiger partial charge in [-0.2, -0.15) is 0 Å². The fraction of sp³-hybridized carbons (Fsp3) is 0.419. The third-order valence-electron chi connectivity index (χ3n) is 6.29. The van der Waals surface area contributed by atoms with Crippen LogP contribution >= 0.6 is 0 Å². The van der Waals surface area contributed by atoms with Gasteiger partial charge < -0.3 is 19.7 Å². The largest absolute Gasteiger partial charge is 0.507 e. The topological polar surface area (TPSA) is 80.6 Å². The molecular formula is C31H40N2O4. The van der Waals surface area contributed by atoms with Crippen molar-refractivity contribution < 1.29 is 14.6 Å². The highest BCUT2D eigenvalue weighted by Crippen LogP contribution is 2.39. The minimum atomic E-state index is -0.331. The molecule has 37 heavy (non-hydrogen) atoms. The number of nitrogens with zero attached hydrogens (tertiary/aromatic N) is 1. The van der Waals surface area contributed by atoms with Gasteiger partial charge in [0.05, 0.1) is 0 Å². The van der Waals surface area contributed by atoms with Gasteiger partial charge in [-0.15, -0.1) is 0 Å². The molecule has 0 radical (unpaired) electrons. The Morgan fingerprint density at radius 2 is 1.54 bits per heavy atom. The van der Waals surface area contributed by atoms with E-state index in [-0.39, 0.29) is 41.2 Å². The summed E-state index contributed by atoms with van der Waals surface area (Å²) in [7, 11) is 0. The fourth-order valence-corrected chi connectivity index (χ4v) is 4.20. The molecule has 2 N–H and O–H groups in total. The highest BCUT2D eigenvalue weighted by molar-refractivity contribution is 5.75. The summed E-state index contributed by atoms with van der Waals surface area (Å²) in [5.41, 5.74) is 3.29. The van der Waals surface area contributed by atoms with Crippen LogP contribution in [-0.2, 0) is 35.2 Å². The average molecular weight is 505 g/mol. The van der Waals surface area contributed by atoms with Crippen LogP contribution in [0.15, 0.2) is 65.6 Å². The van der Waals surface area contributed by atoms with E-state index in [4.69, 9.17) is 4.74 Å². The van der Waals surface area contributed by atoms with Crippen molar-refractivity contribution in [3.63, 3.8) is 0 Å². The molecular weight excluding hydrogens is 464 g/mol. The standard InChI is InChI=1S/C31H40N2O4/c1-30(2,3)24-18-23(19-25(28(24)35)31(4,5)6)14-10-16-32-27(34)20-33-17-11-15-26(29(33)36)37-21-22-12-8-7-9-13-22/h7-9,11-13,15,17-19,35H,10,14,16,20-21H2,1-6H3,(H,32,34).